The van der Waals surface area contributed by atoms with E-state index in [-0.39, 0.29) is 28.6 Å². The molecule has 0 bridgehead atoms. The van der Waals surface area contributed by atoms with Crippen LogP contribution in [0.25, 0.3) is 10.9 Å². The van der Waals surface area contributed by atoms with Gasteiger partial charge in [0.15, 0.2) is 0 Å². The van der Waals surface area contributed by atoms with Crippen molar-refractivity contribution in [1.82, 2.24) is 9.55 Å². The molecule has 122 valence electrons. The molecule has 2 N–H and O–H groups in total. The molecule has 0 unspecified atom stereocenters. The fourth-order valence-electron chi connectivity index (χ4n) is 2.42. The Morgan fingerprint density at radius 2 is 1.88 bits per heavy atom. The molecule has 0 aliphatic heterocycles. The Balaban J connectivity index is 2.21. The number of benzene rings is 2. The van der Waals surface area contributed by atoms with Crippen molar-refractivity contribution < 1.29 is 18.7 Å². The molecule has 0 radical (unpaired) electrons. The molecule has 0 fully saturated rings. The van der Waals surface area contributed by atoms with Crippen LogP contribution in [-0.2, 0) is 6.54 Å². The molecule has 0 spiro atoms. The number of H-pyrrole nitrogens is 1. The fourth-order valence-corrected chi connectivity index (χ4v) is 2.42. The minimum absolute atomic E-state index is 0.0466. The molecule has 2 aromatic carbocycles. The smallest absolute Gasteiger partial charge is 0.335 e. The zero-order chi connectivity index (χ0) is 17.4. The van der Waals surface area contributed by atoms with Crippen LogP contribution >= 0.6 is 0 Å². The molecule has 0 aliphatic carbocycles. The first kappa shape index (κ1) is 15.6. The molecule has 6 nitrogen and oxygen atoms in total. The zero-order valence-electron chi connectivity index (χ0n) is 12.0. The molecule has 3 aromatic rings. The van der Waals surface area contributed by atoms with Crippen LogP contribution < -0.4 is 11.2 Å². The number of hydrogen-bond acceptors (Lipinski definition) is 3. The minimum Gasteiger partial charge on any atom is -0.478 e. The Morgan fingerprint density at radius 1 is 1.12 bits per heavy atom. The number of aromatic carboxylic acids is 1. The second kappa shape index (κ2) is 5.73. The van der Waals surface area contributed by atoms with Crippen molar-refractivity contribution in [3.05, 3.63) is 80.0 Å². The van der Waals surface area contributed by atoms with Crippen LogP contribution in [-0.4, -0.2) is 20.6 Å². The fraction of sp³-hybridized carbons (Fsp3) is 0.0625. The van der Waals surface area contributed by atoms with Crippen molar-refractivity contribution in [2.24, 2.45) is 0 Å². The first-order valence-electron chi connectivity index (χ1n) is 6.81. The van der Waals surface area contributed by atoms with Gasteiger partial charge in [-0.25, -0.2) is 18.4 Å². The van der Waals surface area contributed by atoms with E-state index >= 15 is 0 Å². The summed E-state index contributed by atoms with van der Waals surface area (Å²) in [4.78, 5) is 36.9. The summed E-state index contributed by atoms with van der Waals surface area (Å²) in [5.41, 5.74) is -1.64. The Labute approximate surface area is 132 Å². The van der Waals surface area contributed by atoms with Crippen LogP contribution in [0.1, 0.15) is 15.9 Å². The van der Waals surface area contributed by atoms with Crippen LogP contribution in [0.4, 0.5) is 8.78 Å². The first-order chi connectivity index (χ1) is 11.4. The number of carboxylic acids is 1. The Bertz CT molecular complexity index is 1090. The maximum Gasteiger partial charge on any atom is 0.335 e. The van der Waals surface area contributed by atoms with Gasteiger partial charge >= 0.3 is 11.7 Å². The molecule has 0 saturated heterocycles. The molecule has 24 heavy (non-hydrogen) atoms. The van der Waals surface area contributed by atoms with Gasteiger partial charge in [-0.05, 0) is 36.4 Å². The van der Waals surface area contributed by atoms with E-state index in [1.54, 1.807) is 0 Å². The van der Waals surface area contributed by atoms with Crippen molar-refractivity contribution in [3.63, 3.8) is 0 Å². The summed E-state index contributed by atoms with van der Waals surface area (Å²) in [6.45, 7) is -0.315. The summed E-state index contributed by atoms with van der Waals surface area (Å²) in [6, 6.07) is 6.46. The van der Waals surface area contributed by atoms with Crippen LogP contribution in [0.3, 0.4) is 0 Å². The minimum atomic E-state index is -1.24. The number of nitrogens with zero attached hydrogens (tertiary/aromatic N) is 1. The molecule has 0 atom stereocenters. The van der Waals surface area contributed by atoms with Crippen molar-refractivity contribution in [2.75, 3.05) is 0 Å². The molecule has 0 saturated carbocycles. The summed E-state index contributed by atoms with van der Waals surface area (Å²) in [6.07, 6.45) is 0. The first-order valence-corrected chi connectivity index (χ1v) is 6.81. The van der Waals surface area contributed by atoms with Gasteiger partial charge in [0, 0.05) is 5.56 Å². The molecule has 0 amide bonds. The third-order valence-electron chi connectivity index (χ3n) is 3.58. The monoisotopic (exact) mass is 332 g/mol. The number of aromatic nitrogens is 2. The van der Waals surface area contributed by atoms with E-state index in [2.05, 4.69) is 0 Å². The predicted octanol–water partition coefficient (Wildman–Crippen LogP) is 1.71. The number of hydrogen-bond donors (Lipinski definition) is 2. The van der Waals surface area contributed by atoms with E-state index in [1.807, 2.05) is 4.98 Å². The summed E-state index contributed by atoms with van der Waals surface area (Å²) >= 11 is 0. The van der Waals surface area contributed by atoms with Gasteiger partial charge in [0.2, 0.25) is 0 Å². The summed E-state index contributed by atoms with van der Waals surface area (Å²) in [5.74, 6) is -2.59. The van der Waals surface area contributed by atoms with E-state index in [4.69, 9.17) is 5.11 Å². The van der Waals surface area contributed by atoms with Gasteiger partial charge in [-0.15, -0.1) is 0 Å². The third kappa shape index (κ3) is 2.69. The van der Waals surface area contributed by atoms with E-state index in [1.165, 1.54) is 6.07 Å². The molecule has 0 aliphatic rings. The second-order valence-corrected chi connectivity index (χ2v) is 5.12. The molecule has 3 rings (SSSR count). The van der Waals surface area contributed by atoms with Gasteiger partial charge in [0.05, 0.1) is 23.0 Å². The van der Waals surface area contributed by atoms with Crippen molar-refractivity contribution >= 4 is 16.9 Å². The quantitative estimate of drug-likeness (QED) is 0.764. The summed E-state index contributed by atoms with van der Waals surface area (Å²) in [5, 5.41) is 8.91. The SMILES string of the molecule is O=C(O)c1ccc(F)c(Cn2c(=O)[nH]c(=O)c3cc(F)ccc32)c1. The Kier molecular flexibility index (Phi) is 3.72. The normalized spacial score (nSPS) is 10.9. The van der Waals surface area contributed by atoms with E-state index < -0.39 is 28.9 Å². The van der Waals surface area contributed by atoms with Crippen LogP contribution in [0.5, 0.6) is 0 Å². The van der Waals surface area contributed by atoms with Crippen LogP contribution in [0.15, 0.2) is 46.0 Å². The van der Waals surface area contributed by atoms with Gasteiger partial charge in [-0.3, -0.25) is 14.3 Å². The van der Waals surface area contributed by atoms with Crippen molar-refractivity contribution in [1.29, 1.82) is 0 Å². The van der Waals surface area contributed by atoms with Crippen molar-refractivity contribution in [2.45, 2.75) is 6.54 Å². The lowest BCUT2D eigenvalue weighted by molar-refractivity contribution is 0.0696. The van der Waals surface area contributed by atoms with Crippen LogP contribution in [0.2, 0.25) is 0 Å². The number of rotatable bonds is 3. The summed E-state index contributed by atoms with van der Waals surface area (Å²) in [7, 11) is 0. The zero-order valence-corrected chi connectivity index (χ0v) is 12.0. The van der Waals surface area contributed by atoms with E-state index in [9.17, 15) is 23.2 Å². The van der Waals surface area contributed by atoms with Crippen LogP contribution in [0, 0.1) is 11.6 Å². The molecule has 8 heteroatoms. The third-order valence-corrected chi connectivity index (χ3v) is 3.58. The number of aromatic amines is 1. The lowest BCUT2D eigenvalue weighted by atomic mass is 10.1. The average molecular weight is 332 g/mol. The highest BCUT2D eigenvalue weighted by Crippen LogP contribution is 2.15. The maximum absolute atomic E-state index is 14.0. The molecule has 1 heterocycles. The van der Waals surface area contributed by atoms with Gasteiger partial charge in [-0.2, -0.15) is 0 Å². The maximum atomic E-state index is 14.0. The number of nitrogens with one attached hydrogen (secondary N) is 1. The average Bonchev–Trinajstić information content (AvgIpc) is 2.53. The standard InChI is InChI=1S/C16H10F2N2O4/c17-10-2-4-13-11(6-10)14(21)19-16(24)20(13)7-9-5-8(15(22)23)1-3-12(9)18/h1-6H,7H2,(H,22,23)(H,19,21,24). The highest BCUT2D eigenvalue weighted by Gasteiger charge is 2.13. The molecular weight excluding hydrogens is 322 g/mol. The summed E-state index contributed by atoms with van der Waals surface area (Å²) < 4.78 is 28.3. The van der Waals surface area contributed by atoms with Crippen molar-refractivity contribution in [3.8, 4) is 0 Å². The lowest BCUT2D eigenvalue weighted by Crippen LogP contribution is -2.31. The number of halogens is 2. The van der Waals surface area contributed by atoms with Gasteiger partial charge in [-0.1, -0.05) is 0 Å². The van der Waals surface area contributed by atoms with Gasteiger partial charge in [0.25, 0.3) is 5.56 Å². The Hall–Kier alpha value is -3.29. The van der Waals surface area contributed by atoms with Gasteiger partial charge in [0.1, 0.15) is 11.6 Å². The number of fused-ring (bicyclic) bond motifs is 1. The molecule has 1 aromatic heterocycles. The highest BCUT2D eigenvalue weighted by atomic mass is 19.1. The highest BCUT2D eigenvalue weighted by molar-refractivity contribution is 5.87. The van der Waals surface area contributed by atoms with E-state index in [0.717, 1.165) is 34.9 Å². The largest absolute Gasteiger partial charge is 0.478 e. The van der Waals surface area contributed by atoms with E-state index in [0.29, 0.717) is 0 Å². The number of carboxylic acid groups (broad SMARTS) is 1. The van der Waals surface area contributed by atoms with Gasteiger partial charge < -0.3 is 5.11 Å². The lowest BCUT2D eigenvalue weighted by Gasteiger charge is -2.11. The second-order valence-electron chi connectivity index (χ2n) is 5.12. The topological polar surface area (TPSA) is 92.2 Å². The Morgan fingerprint density at radius 3 is 2.58 bits per heavy atom. The number of carbonyl (C=O) groups is 1. The predicted molar refractivity (Wildman–Crippen MR) is 81.2 cm³/mol. The molecular formula is C16H10F2N2O4.